The smallest absolute Gasteiger partial charge is 0.394 e. The van der Waals surface area contributed by atoms with Crippen molar-refractivity contribution in [3.05, 3.63) is 82.4 Å². The lowest BCUT2D eigenvalue weighted by Gasteiger charge is -2.15. The van der Waals surface area contributed by atoms with Gasteiger partial charge in [0.2, 0.25) is 5.91 Å². The average molecular weight is 479 g/mol. The number of alkyl halides is 3. The van der Waals surface area contributed by atoms with E-state index >= 15 is 0 Å². The Morgan fingerprint density at radius 2 is 1.97 bits per heavy atom. The number of halogens is 4. The van der Waals surface area contributed by atoms with E-state index in [1.54, 1.807) is 31.2 Å². The van der Waals surface area contributed by atoms with Crippen LogP contribution in [0.25, 0.3) is 5.69 Å². The molecule has 34 heavy (non-hydrogen) atoms. The Balaban J connectivity index is 1.75. The van der Waals surface area contributed by atoms with Gasteiger partial charge in [0, 0.05) is 5.56 Å². The lowest BCUT2D eigenvalue weighted by atomic mass is 9.98. The number of ether oxygens (including phenoxy) is 1. The van der Waals surface area contributed by atoms with Crippen LogP contribution in [0.5, 0.6) is 0 Å². The molecule has 0 aliphatic carbocycles. The molecule has 3 rings (SSSR count). The van der Waals surface area contributed by atoms with Crippen molar-refractivity contribution in [3.63, 3.8) is 0 Å². The maximum atomic E-state index is 14.3. The van der Waals surface area contributed by atoms with Crippen LogP contribution in [0.3, 0.4) is 0 Å². The maximum absolute atomic E-state index is 14.3. The van der Waals surface area contributed by atoms with Crippen LogP contribution in [0, 0.1) is 12.7 Å². The maximum Gasteiger partial charge on any atom is 0.435 e. The van der Waals surface area contributed by atoms with E-state index in [0.717, 1.165) is 16.3 Å². The number of aliphatic hydroxyl groups excluding tert-OH is 1. The summed E-state index contributed by atoms with van der Waals surface area (Å²) >= 11 is 0. The number of nitrogens with one attached hydrogen (secondary N) is 1. The second-order valence-electron chi connectivity index (χ2n) is 7.84. The number of aromatic nitrogens is 2. The van der Waals surface area contributed by atoms with Gasteiger partial charge in [-0.3, -0.25) is 4.79 Å². The van der Waals surface area contributed by atoms with E-state index in [1.807, 2.05) is 13.0 Å². The minimum Gasteiger partial charge on any atom is -0.394 e. The van der Waals surface area contributed by atoms with Crippen molar-refractivity contribution >= 4 is 5.91 Å². The molecule has 1 amide bonds. The summed E-state index contributed by atoms with van der Waals surface area (Å²) in [4.78, 5) is 12.7. The Morgan fingerprint density at radius 3 is 2.62 bits per heavy atom. The highest BCUT2D eigenvalue weighted by atomic mass is 19.4. The van der Waals surface area contributed by atoms with Crippen molar-refractivity contribution in [1.29, 1.82) is 0 Å². The van der Waals surface area contributed by atoms with Gasteiger partial charge in [-0.15, -0.1) is 0 Å². The van der Waals surface area contributed by atoms with Crippen molar-refractivity contribution in [2.24, 2.45) is 0 Å². The van der Waals surface area contributed by atoms with Gasteiger partial charge in [-0.2, -0.15) is 18.3 Å². The highest BCUT2D eigenvalue weighted by Gasteiger charge is 2.35. The third-order valence-electron chi connectivity index (χ3n) is 5.23. The largest absolute Gasteiger partial charge is 0.435 e. The molecule has 0 radical (unpaired) electrons. The van der Waals surface area contributed by atoms with Crippen molar-refractivity contribution in [2.75, 3.05) is 13.2 Å². The van der Waals surface area contributed by atoms with Crippen LogP contribution in [0.4, 0.5) is 17.6 Å². The first kappa shape index (κ1) is 25.4. The quantitative estimate of drug-likeness (QED) is 0.355. The van der Waals surface area contributed by atoms with Crippen molar-refractivity contribution in [3.8, 4) is 5.69 Å². The van der Waals surface area contributed by atoms with E-state index in [4.69, 9.17) is 9.84 Å². The topological polar surface area (TPSA) is 76.4 Å². The molecule has 0 fully saturated rings. The summed E-state index contributed by atoms with van der Waals surface area (Å²) in [6.45, 7) is 3.07. The Bertz CT molecular complexity index is 1140. The number of rotatable bonds is 9. The summed E-state index contributed by atoms with van der Waals surface area (Å²) in [6, 6.07) is 12.0. The van der Waals surface area contributed by atoms with Crippen molar-refractivity contribution < 1.29 is 32.2 Å². The zero-order valence-corrected chi connectivity index (χ0v) is 18.7. The van der Waals surface area contributed by atoms with Gasteiger partial charge < -0.3 is 15.2 Å². The molecule has 1 atom stereocenters. The minimum absolute atomic E-state index is 0.0161. The molecule has 3 aromatic rings. The fraction of sp³-hybridized carbons (Fsp3) is 0.333. The molecular formula is C24H25F4N3O3. The Kier molecular flexibility index (Phi) is 8.06. The number of carbonyl (C=O) groups excluding carboxylic acids is 1. The molecule has 0 saturated carbocycles. The predicted molar refractivity (Wildman–Crippen MR) is 117 cm³/mol. The monoisotopic (exact) mass is 479 g/mol. The molecule has 0 saturated heterocycles. The molecular weight excluding hydrogens is 454 g/mol. The number of nitrogens with zero attached hydrogens (tertiary/aromatic N) is 2. The van der Waals surface area contributed by atoms with Crippen LogP contribution >= 0.6 is 0 Å². The molecule has 10 heteroatoms. The first-order valence-corrected chi connectivity index (χ1v) is 10.6. The molecule has 1 unspecified atom stereocenters. The van der Waals surface area contributed by atoms with E-state index in [1.165, 1.54) is 12.1 Å². The van der Waals surface area contributed by atoms with Crippen LogP contribution < -0.4 is 5.32 Å². The second kappa shape index (κ2) is 10.8. The Hall–Kier alpha value is -3.24. The van der Waals surface area contributed by atoms with E-state index in [2.05, 4.69) is 10.4 Å². The van der Waals surface area contributed by atoms with Crippen LogP contribution in [0.1, 0.15) is 40.9 Å². The van der Waals surface area contributed by atoms with Gasteiger partial charge in [0.1, 0.15) is 5.82 Å². The van der Waals surface area contributed by atoms with Crippen LogP contribution in [-0.4, -0.2) is 34.0 Å². The fourth-order valence-corrected chi connectivity index (χ4v) is 3.35. The number of benzene rings is 2. The third-order valence-corrected chi connectivity index (χ3v) is 5.23. The lowest BCUT2D eigenvalue weighted by Crippen LogP contribution is -2.28. The summed E-state index contributed by atoms with van der Waals surface area (Å²) in [5.74, 6) is -1.78. The van der Waals surface area contributed by atoms with E-state index < -0.39 is 29.5 Å². The van der Waals surface area contributed by atoms with Gasteiger partial charge in [0.25, 0.3) is 0 Å². The van der Waals surface area contributed by atoms with Gasteiger partial charge in [-0.25, -0.2) is 9.07 Å². The van der Waals surface area contributed by atoms with Crippen molar-refractivity contribution in [2.45, 2.75) is 39.1 Å². The standard InChI is InChI=1S/C24H25F4N3O3/c1-15-4-3-5-19(10-15)31-20(12-22(30-31)24(26,27)28)13-29-23(33)16(2)17-6-7-18(21(25)11-17)14-34-9-8-32/h3-7,10-12,16,32H,8-9,13-14H2,1-2H3,(H,29,33). The molecule has 0 aliphatic heterocycles. The van der Waals surface area contributed by atoms with Crippen molar-refractivity contribution in [1.82, 2.24) is 15.1 Å². The number of carbonyl (C=O) groups is 1. The molecule has 0 spiro atoms. The summed E-state index contributed by atoms with van der Waals surface area (Å²) in [6.07, 6.45) is -4.64. The van der Waals surface area contributed by atoms with Crippen LogP contribution in [0.2, 0.25) is 0 Å². The SMILES string of the molecule is Cc1cccc(-n2nc(C(F)(F)F)cc2CNC(=O)C(C)c2ccc(COCCO)c(F)c2)c1. The number of hydrogen-bond donors (Lipinski definition) is 2. The number of hydrogen-bond acceptors (Lipinski definition) is 4. The zero-order chi connectivity index (χ0) is 24.9. The van der Waals surface area contributed by atoms with E-state index in [9.17, 15) is 22.4 Å². The zero-order valence-electron chi connectivity index (χ0n) is 18.7. The molecule has 2 N–H and O–H groups in total. The Morgan fingerprint density at radius 1 is 1.21 bits per heavy atom. The highest BCUT2D eigenvalue weighted by molar-refractivity contribution is 5.83. The molecule has 182 valence electrons. The average Bonchev–Trinajstić information content (AvgIpc) is 3.23. The van der Waals surface area contributed by atoms with Gasteiger partial charge in [0.15, 0.2) is 5.69 Å². The summed E-state index contributed by atoms with van der Waals surface area (Å²) < 4.78 is 60.4. The van der Waals surface area contributed by atoms with E-state index in [-0.39, 0.29) is 37.6 Å². The number of aryl methyl sites for hydroxylation is 1. The first-order valence-electron chi connectivity index (χ1n) is 10.6. The van der Waals surface area contributed by atoms with Gasteiger partial charge in [-0.1, -0.05) is 24.3 Å². The molecule has 1 heterocycles. The molecule has 6 nitrogen and oxygen atoms in total. The predicted octanol–water partition coefficient (Wildman–Crippen LogP) is 4.27. The fourth-order valence-electron chi connectivity index (χ4n) is 3.35. The van der Waals surface area contributed by atoms with Gasteiger partial charge >= 0.3 is 6.18 Å². The minimum atomic E-state index is -4.64. The van der Waals surface area contributed by atoms with Gasteiger partial charge in [-0.05, 0) is 49.2 Å². The normalized spacial score (nSPS) is 12.6. The molecule has 0 aliphatic rings. The van der Waals surface area contributed by atoms with Gasteiger partial charge in [0.05, 0.1) is 43.7 Å². The molecule has 1 aromatic heterocycles. The first-order chi connectivity index (χ1) is 16.1. The summed E-state index contributed by atoms with van der Waals surface area (Å²) in [5.41, 5.74) is 1.07. The summed E-state index contributed by atoms with van der Waals surface area (Å²) in [5, 5.41) is 15.0. The lowest BCUT2D eigenvalue weighted by molar-refractivity contribution is -0.141. The second-order valence-corrected chi connectivity index (χ2v) is 7.84. The molecule has 0 bridgehead atoms. The molecule has 2 aromatic carbocycles. The third kappa shape index (κ3) is 6.21. The number of aliphatic hydroxyl groups is 1. The van der Waals surface area contributed by atoms with Crippen LogP contribution in [0.15, 0.2) is 48.5 Å². The number of amides is 1. The summed E-state index contributed by atoms with van der Waals surface area (Å²) in [7, 11) is 0. The Labute approximate surface area is 194 Å². The highest BCUT2D eigenvalue weighted by Crippen LogP contribution is 2.30. The van der Waals surface area contributed by atoms with Crippen LogP contribution in [-0.2, 0) is 28.9 Å². The van der Waals surface area contributed by atoms with E-state index in [0.29, 0.717) is 11.3 Å².